The van der Waals surface area contributed by atoms with Crippen molar-refractivity contribution in [2.75, 3.05) is 12.4 Å². The monoisotopic (exact) mass is 321 g/mol. The molecular weight excluding hydrogens is 306 g/mol. The lowest BCUT2D eigenvalue weighted by atomic mass is 10.1. The summed E-state index contributed by atoms with van der Waals surface area (Å²) in [5, 5.41) is 6.68. The molecule has 0 saturated heterocycles. The van der Waals surface area contributed by atoms with Gasteiger partial charge in [0.25, 0.3) is 0 Å². The van der Waals surface area contributed by atoms with E-state index in [9.17, 15) is 0 Å². The van der Waals surface area contributed by atoms with Crippen molar-refractivity contribution in [2.45, 2.75) is 0 Å². The van der Waals surface area contributed by atoms with Crippen molar-refractivity contribution < 1.29 is 4.74 Å². The Balaban J connectivity index is 1.57. The van der Waals surface area contributed by atoms with Gasteiger partial charge in [0.1, 0.15) is 5.75 Å². The highest BCUT2D eigenvalue weighted by Gasteiger charge is 2.05. The summed E-state index contributed by atoms with van der Waals surface area (Å²) in [6, 6.07) is 16.3. The fourth-order valence-corrected chi connectivity index (χ4v) is 3.31. The number of nitrogens with zero attached hydrogens (tertiary/aromatic N) is 1. The maximum absolute atomic E-state index is 5.18. The fraction of sp³-hybridized carbons (Fsp3) is 0.0556. The maximum atomic E-state index is 5.18. The quantitative estimate of drug-likeness (QED) is 0.553. The van der Waals surface area contributed by atoms with Crippen LogP contribution in [0.2, 0.25) is 0 Å². The van der Waals surface area contributed by atoms with Crippen LogP contribution >= 0.6 is 11.3 Å². The Morgan fingerprint density at radius 2 is 1.91 bits per heavy atom. The molecule has 0 aliphatic rings. The van der Waals surface area contributed by atoms with Crippen molar-refractivity contribution >= 4 is 33.1 Å². The topological polar surface area (TPSA) is 49.9 Å². The molecule has 0 unspecified atom stereocenters. The van der Waals surface area contributed by atoms with Gasteiger partial charge in [0.15, 0.2) is 0 Å². The Morgan fingerprint density at radius 1 is 1.04 bits per heavy atom. The predicted molar refractivity (Wildman–Crippen MR) is 95.7 cm³/mol. The molecule has 0 bridgehead atoms. The Bertz CT molecular complexity index is 940. The first-order chi connectivity index (χ1) is 11.3. The Morgan fingerprint density at radius 3 is 2.74 bits per heavy atom. The van der Waals surface area contributed by atoms with Crippen LogP contribution in [0.3, 0.4) is 0 Å². The van der Waals surface area contributed by atoms with E-state index in [1.165, 1.54) is 11.1 Å². The number of anilines is 2. The molecule has 4 nitrogen and oxygen atoms in total. The van der Waals surface area contributed by atoms with Crippen molar-refractivity contribution in [2.24, 2.45) is 0 Å². The summed E-state index contributed by atoms with van der Waals surface area (Å²) in [6.45, 7) is 0. The van der Waals surface area contributed by atoms with E-state index in [4.69, 9.17) is 4.74 Å². The van der Waals surface area contributed by atoms with Crippen LogP contribution in [0.15, 0.2) is 60.2 Å². The smallest absolute Gasteiger partial charge is 0.119 e. The van der Waals surface area contributed by atoms with E-state index in [2.05, 4.69) is 38.9 Å². The van der Waals surface area contributed by atoms with E-state index in [0.717, 1.165) is 27.5 Å². The number of fused-ring (bicyclic) bond motifs is 1. The van der Waals surface area contributed by atoms with Crippen LogP contribution in [0.1, 0.15) is 0 Å². The third-order valence-corrected chi connectivity index (χ3v) is 4.56. The van der Waals surface area contributed by atoms with E-state index in [-0.39, 0.29) is 0 Å². The van der Waals surface area contributed by atoms with Gasteiger partial charge in [-0.2, -0.15) is 0 Å². The maximum Gasteiger partial charge on any atom is 0.119 e. The number of ether oxygens (including phenoxy) is 1. The lowest BCUT2D eigenvalue weighted by Gasteiger charge is -2.04. The molecule has 0 aliphatic heterocycles. The second-order valence-corrected chi connectivity index (χ2v) is 6.10. The van der Waals surface area contributed by atoms with Crippen molar-refractivity contribution in [3.63, 3.8) is 0 Å². The van der Waals surface area contributed by atoms with Crippen LogP contribution < -0.4 is 10.1 Å². The normalized spacial score (nSPS) is 10.8. The SMILES string of the molecule is COc1ccc(Nc2cc(-c3ccc4nc[nH]c4c3)cs2)cc1. The number of aromatic nitrogens is 2. The van der Waals surface area contributed by atoms with E-state index >= 15 is 0 Å². The molecule has 2 aromatic heterocycles. The zero-order valence-electron chi connectivity index (χ0n) is 12.5. The first-order valence-corrected chi connectivity index (χ1v) is 8.13. The average Bonchev–Trinajstić information content (AvgIpc) is 3.23. The van der Waals surface area contributed by atoms with Crippen molar-refractivity contribution in [3.8, 4) is 16.9 Å². The summed E-state index contributed by atoms with van der Waals surface area (Å²) in [7, 11) is 1.67. The van der Waals surface area contributed by atoms with E-state index in [1.54, 1.807) is 24.8 Å². The molecule has 114 valence electrons. The highest BCUT2D eigenvalue weighted by molar-refractivity contribution is 7.14. The molecule has 4 rings (SSSR count). The Kier molecular flexibility index (Phi) is 3.48. The highest BCUT2D eigenvalue weighted by Crippen LogP contribution is 2.32. The summed E-state index contributed by atoms with van der Waals surface area (Å²) < 4.78 is 5.18. The number of benzene rings is 2. The molecule has 0 fully saturated rings. The first-order valence-electron chi connectivity index (χ1n) is 7.25. The summed E-state index contributed by atoms with van der Waals surface area (Å²) in [4.78, 5) is 7.41. The van der Waals surface area contributed by atoms with Crippen molar-refractivity contribution in [3.05, 3.63) is 60.2 Å². The third kappa shape index (κ3) is 2.78. The van der Waals surface area contributed by atoms with Gasteiger partial charge in [0, 0.05) is 11.1 Å². The van der Waals surface area contributed by atoms with Crippen LogP contribution in [0, 0.1) is 0 Å². The van der Waals surface area contributed by atoms with Crippen molar-refractivity contribution in [1.82, 2.24) is 9.97 Å². The number of nitrogens with one attached hydrogen (secondary N) is 2. The molecule has 2 heterocycles. The zero-order valence-corrected chi connectivity index (χ0v) is 13.4. The summed E-state index contributed by atoms with van der Waals surface area (Å²) in [5.41, 5.74) is 5.46. The van der Waals surface area contributed by atoms with Gasteiger partial charge in [0.2, 0.25) is 0 Å². The summed E-state index contributed by atoms with van der Waals surface area (Å²) >= 11 is 1.69. The van der Waals surface area contributed by atoms with E-state index in [0.29, 0.717) is 0 Å². The molecule has 4 aromatic rings. The van der Waals surface area contributed by atoms with Crippen LogP contribution in [-0.4, -0.2) is 17.1 Å². The average molecular weight is 321 g/mol. The minimum atomic E-state index is 0.857. The number of thiophene rings is 1. The Hall–Kier alpha value is -2.79. The second-order valence-electron chi connectivity index (χ2n) is 5.19. The number of aromatic amines is 1. The third-order valence-electron chi connectivity index (χ3n) is 3.71. The van der Waals surface area contributed by atoms with Crippen LogP contribution in [-0.2, 0) is 0 Å². The number of hydrogen-bond donors (Lipinski definition) is 2. The number of H-pyrrole nitrogens is 1. The summed E-state index contributed by atoms with van der Waals surface area (Å²) in [5.74, 6) is 0.857. The number of methoxy groups -OCH3 is 1. The highest BCUT2D eigenvalue weighted by atomic mass is 32.1. The summed E-state index contributed by atoms with van der Waals surface area (Å²) in [6.07, 6.45) is 1.72. The van der Waals surface area contributed by atoms with Crippen LogP contribution in [0.4, 0.5) is 10.7 Å². The van der Waals surface area contributed by atoms with Crippen molar-refractivity contribution in [1.29, 1.82) is 0 Å². The zero-order chi connectivity index (χ0) is 15.6. The van der Waals surface area contributed by atoms with E-state index in [1.807, 2.05) is 30.3 Å². The number of rotatable bonds is 4. The van der Waals surface area contributed by atoms with Gasteiger partial charge >= 0.3 is 0 Å². The standard InChI is InChI=1S/C18H15N3OS/c1-22-15-5-3-14(4-6-15)21-18-9-13(10-23-18)12-2-7-16-17(8-12)20-11-19-16/h2-11,21H,1H3,(H,19,20). The minimum Gasteiger partial charge on any atom is -0.497 e. The molecule has 2 aromatic carbocycles. The van der Waals surface area contributed by atoms with Gasteiger partial charge in [-0.15, -0.1) is 11.3 Å². The molecule has 5 heteroatoms. The van der Waals surface area contributed by atoms with Crippen LogP contribution in [0.25, 0.3) is 22.2 Å². The van der Waals surface area contributed by atoms with Gasteiger partial charge in [-0.3, -0.25) is 0 Å². The number of imidazole rings is 1. The lowest BCUT2D eigenvalue weighted by Crippen LogP contribution is -1.87. The largest absolute Gasteiger partial charge is 0.497 e. The van der Waals surface area contributed by atoms with Gasteiger partial charge in [-0.1, -0.05) is 6.07 Å². The van der Waals surface area contributed by atoms with Gasteiger partial charge < -0.3 is 15.0 Å². The fourth-order valence-electron chi connectivity index (χ4n) is 2.48. The molecule has 2 N–H and O–H groups in total. The van der Waals surface area contributed by atoms with Gasteiger partial charge in [0.05, 0.1) is 29.5 Å². The molecule has 0 radical (unpaired) electrons. The first kappa shape index (κ1) is 13.8. The molecule has 0 atom stereocenters. The molecule has 0 aliphatic carbocycles. The molecular formula is C18H15N3OS. The van der Waals surface area contributed by atoms with E-state index < -0.39 is 0 Å². The minimum absolute atomic E-state index is 0.857. The lowest BCUT2D eigenvalue weighted by molar-refractivity contribution is 0.415. The molecule has 23 heavy (non-hydrogen) atoms. The Labute approximate surface area is 137 Å². The predicted octanol–water partition coefficient (Wildman–Crippen LogP) is 5.04. The molecule has 0 saturated carbocycles. The van der Waals surface area contributed by atoms with Crippen LogP contribution in [0.5, 0.6) is 5.75 Å². The molecule has 0 amide bonds. The van der Waals surface area contributed by atoms with Gasteiger partial charge in [-0.25, -0.2) is 4.98 Å². The second kappa shape index (κ2) is 5.78. The number of hydrogen-bond acceptors (Lipinski definition) is 4. The molecule has 0 spiro atoms. The van der Waals surface area contributed by atoms with Gasteiger partial charge in [-0.05, 0) is 53.6 Å².